The number of ketones is 2. The van der Waals surface area contributed by atoms with Crippen LogP contribution in [0, 0.1) is 40.4 Å². The van der Waals surface area contributed by atoms with E-state index >= 15 is 0 Å². The van der Waals surface area contributed by atoms with Crippen LogP contribution in [0.5, 0.6) is 0 Å². The van der Waals surface area contributed by atoms with Crippen molar-refractivity contribution in [3.63, 3.8) is 0 Å². The molecule has 1 saturated heterocycles. The van der Waals surface area contributed by atoms with Gasteiger partial charge in [-0.1, -0.05) is 27.7 Å². The van der Waals surface area contributed by atoms with Crippen molar-refractivity contribution in [1.29, 1.82) is 0 Å². The molecule has 0 aromatic heterocycles. The van der Waals surface area contributed by atoms with Crippen LogP contribution in [0.15, 0.2) is 10.2 Å². The van der Waals surface area contributed by atoms with Crippen LogP contribution in [0.2, 0.25) is 0 Å². The molecule has 0 unspecified atom stereocenters. The average molecular weight is 436 g/mol. The van der Waals surface area contributed by atoms with Gasteiger partial charge in [-0.2, -0.15) is 0 Å². The summed E-state index contributed by atoms with van der Waals surface area (Å²) in [7, 11) is 0. The Kier molecular flexibility index (Phi) is 4.89. The van der Waals surface area contributed by atoms with Gasteiger partial charge in [0.25, 0.3) is 0 Å². The summed E-state index contributed by atoms with van der Waals surface area (Å²) in [6.45, 7) is 10.1. The summed E-state index contributed by atoms with van der Waals surface area (Å²) in [5.41, 5.74) is 1.42. The van der Waals surface area contributed by atoms with Gasteiger partial charge < -0.3 is 5.32 Å². The first-order chi connectivity index (χ1) is 12.7. The number of allylic oxidation sites excluding steroid dienone is 2. The van der Waals surface area contributed by atoms with E-state index in [-0.39, 0.29) is 22.5 Å². The fourth-order valence-electron chi connectivity index (χ4n) is 7.31. The van der Waals surface area contributed by atoms with Crippen molar-refractivity contribution in [2.45, 2.75) is 72.6 Å². The Morgan fingerprint density at radius 3 is 2.63 bits per heavy atom. The summed E-state index contributed by atoms with van der Waals surface area (Å²) in [5.74, 6) is 3.37. The average Bonchev–Trinajstić information content (AvgIpc) is 2.95. The monoisotopic (exact) mass is 435 g/mol. The molecule has 3 fully saturated rings. The molecule has 0 aromatic carbocycles. The second kappa shape index (κ2) is 6.71. The van der Waals surface area contributed by atoms with Gasteiger partial charge in [-0.05, 0) is 77.1 Å². The molecular formula is C23H34BrNO2. The van der Waals surface area contributed by atoms with Crippen LogP contribution in [0.25, 0.3) is 0 Å². The fourth-order valence-corrected chi connectivity index (χ4v) is 8.10. The van der Waals surface area contributed by atoms with E-state index in [1.165, 1.54) is 19.3 Å². The second-order valence-corrected chi connectivity index (χ2v) is 11.3. The van der Waals surface area contributed by atoms with Gasteiger partial charge >= 0.3 is 0 Å². The van der Waals surface area contributed by atoms with Crippen molar-refractivity contribution in [3.8, 4) is 0 Å². The number of hydrogen-bond donors (Lipinski definition) is 1. The SMILES string of the molecule is CC(C)CC(=O)[C@H]1CC[C@H]2[C@@H]3CNC4=C(Br)C(=O)CC[C@]4(C)[C@H]3CC[C@]12C. The van der Waals surface area contributed by atoms with Crippen LogP contribution >= 0.6 is 15.9 Å². The molecule has 3 aliphatic carbocycles. The standard InChI is InChI=1S/C23H34BrNO2/c1-13(2)11-19(27)17-6-5-15-14-12-25-21-20(24)18(26)8-10-23(21,4)16(14)7-9-22(15,17)3/h13-17,25H,5-12H2,1-4H3/t14-,15-,16-,17+,22-,23+/m0/s1. The molecule has 3 nitrogen and oxygen atoms in total. The summed E-state index contributed by atoms with van der Waals surface area (Å²) in [6, 6.07) is 0. The second-order valence-electron chi connectivity index (χ2n) is 10.5. The third kappa shape index (κ3) is 2.88. The minimum absolute atomic E-state index is 0.0804. The van der Waals surface area contributed by atoms with Crippen molar-refractivity contribution in [2.24, 2.45) is 40.4 Å². The van der Waals surface area contributed by atoms with Crippen molar-refractivity contribution in [3.05, 3.63) is 10.2 Å². The van der Waals surface area contributed by atoms with Crippen molar-refractivity contribution < 1.29 is 9.59 Å². The maximum atomic E-state index is 13.0. The molecule has 150 valence electrons. The van der Waals surface area contributed by atoms with Crippen LogP contribution in [0.3, 0.4) is 0 Å². The molecule has 0 amide bonds. The highest BCUT2D eigenvalue weighted by Crippen LogP contribution is 2.65. The zero-order valence-electron chi connectivity index (χ0n) is 17.2. The quantitative estimate of drug-likeness (QED) is 0.658. The van der Waals surface area contributed by atoms with Gasteiger partial charge in [0.15, 0.2) is 5.78 Å². The van der Waals surface area contributed by atoms with E-state index in [0.29, 0.717) is 35.9 Å². The molecule has 6 atom stereocenters. The Labute approximate surface area is 172 Å². The summed E-state index contributed by atoms with van der Waals surface area (Å²) < 4.78 is 0.791. The first-order valence-corrected chi connectivity index (χ1v) is 11.7. The summed E-state index contributed by atoms with van der Waals surface area (Å²) in [5, 5.41) is 3.67. The number of hydrogen-bond acceptors (Lipinski definition) is 3. The van der Waals surface area contributed by atoms with Crippen LogP contribution < -0.4 is 5.32 Å². The molecule has 4 aliphatic rings. The summed E-state index contributed by atoms with van der Waals surface area (Å²) in [4.78, 5) is 25.2. The van der Waals surface area contributed by atoms with E-state index in [9.17, 15) is 9.59 Å². The number of fused-ring (bicyclic) bond motifs is 5. The summed E-state index contributed by atoms with van der Waals surface area (Å²) in [6.07, 6.45) is 6.99. The van der Waals surface area contributed by atoms with Gasteiger partial charge in [-0.3, -0.25) is 9.59 Å². The maximum absolute atomic E-state index is 13.0. The Balaban J connectivity index is 1.62. The highest BCUT2D eigenvalue weighted by atomic mass is 79.9. The third-order valence-corrected chi connectivity index (χ3v) is 9.51. The normalized spacial score (nSPS) is 43.9. The number of nitrogens with one attached hydrogen (secondary N) is 1. The molecule has 4 heteroatoms. The molecule has 1 heterocycles. The van der Waals surface area contributed by atoms with Gasteiger partial charge in [0, 0.05) is 36.4 Å². The fraction of sp³-hybridized carbons (Fsp3) is 0.826. The topological polar surface area (TPSA) is 46.2 Å². The number of piperidine rings is 1. The molecule has 0 radical (unpaired) electrons. The van der Waals surface area contributed by atoms with Crippen LogP contribution in [-0.4, -0.2) is 18.1 Å². The van der Waals surface area contributed by atoms with Gasteiger partial charge in [0.1, 0.15) is 5.78 Å². The molecule has 0 aromatic rings. The van der Waals surface area contributed by atoms with Crippen LogP contribution in [0.1, 0.15) is 72.6 Å². The highest BCUT2D eigenvalue weighted by Gasteiger charge is 2.60. The lowest BCUT2D eigenvalue weighted by Crippen LogP contribution is -2.57. The first-order valence-electron chi connectivity index (χ1n) is 10.9. The predicted molar refractivity (Wildman–Crippen MR) is 111 cm³/mol. The smallest absolute Gasteiger partial charge is 0.171 e. The molecule has 2 saturated carbocycles. The molecule has 0 spiro atoms. The van der Waals surface area contributed by atoms with E-state index < -0.39 is 0 Å². The lowest BCUT2D eigenvalue weighted by atomic mass is 9.49. The predicted octanol–water partition coefficient (Wildman–Crippen LogP) is 5.24. The lowest BCUT2D eigenvalue weighted by Gasteiger charge is -2.58. The minimum Gasteiger partial charge on any atom is -0.387 e. The van der Waals surface area contributed by atoms with Gasteiger partial charge in [0.05, 0.1) is 4.48 Å². The summed E-state index contributed by atoms with van der Waals surface area (Å²) >= 11 is 3.59. The van der Waals surface area contributed by atoms with E-state index in [4.69, 9.17) is 0 Å². The first kappa shape index (κ1) is 19.7. The van der Waals surface area contributed by atoms with Crippen LogP contribution in [-0.2, 0) is 9.59 Å². The zero-order chi connectivity index (χ0) is 19.6. The van der Waals surface area contributed by atoms with E-state index in [1.807, 2.05) is 0 Å². The number of halogens is 1. The van der Waals surface area contributed by atoms with Crippen LogP contribution in [0.4, 0.5) is 0 Å². The van der Waals surface area contributed by atoms with Gasteiger partial charge in [0.2, 0.25) is 0 Å². The number of Topliss-reactive ketones (excluding diaryl/α,β-unsaturated/α-hetero) is 2. The van der Waals surface area contributed by atoms with E-state index in [2.05, 4.69) is 48.9 Å². The van der Waals surface area contributed by atoms with E-state index in [0.717, 1.165) is 36.0 Å². The Morgan fingerprint density at radius 2 is 1.93 bits per heavy atom. The molecule has 0 bridgehead atoms. The van der Waals surface area contributed by atoms with Crippen molar-refractivity contribution in [2.75, 3.05) is 6.54 Å². The Morgan fingerprint density at radius 1 is 1.19 bits per heavy atom. The Hall–Kier alpha value is -0.640. The molecule has 27 heavy (non-hydrogen) atoms. The van der Waals surface area contributed by atoms with Gasteiger partial charge in [-0.25, -0.2) is 0 Å². The number of carbonyl (C=O) groups is 2. The number of carbonyl (C=O) groups excluding carboxylic acids is 2. The zero-order valence-corrected chi connectivity index (χ0v) is 18.8. The Bertz CT molecular complexity index is 698. The lowest BCUT2D eigenvalue weighted by molar-refractivity contribution is -0.131. The van der Waals surface area contributed by atoms with Crippen molar-refractivity contribution >= 4 is 27.5 Å². The third-order valence-electron chi connectivity index (χ3n) is 8.67. The van der Waals surface area contributed by atoms with Gasteiger partial charge in [-0.15, -0.1) is 0 Å². The molecule has 4 rings (SSSR count). The van der Waals surface area contributed by atoms with Crippen molar-refractivity contribution in [1.82, 2.24) is 5.32 Å². The molecule has 1 N–H and O–H groups in total. The van der Waals surface area contributed by atoms with E-state index in [1.54, 1.807) is 0 Å². The maximum Gasteiger partial charge on any atom is 0.171 e. The largest absolute Gasteiger partial charge is 0.387 e. The highest BCUT2D eigenvalue weighted by molar-refractivity contribution is 9.12. The molecule has 1 aliphatic heterocycles. The minimum atomic E-state index is 0.0804. The number of rotatable bonds is 3. The molecular weight excluding hydrogens is 402 g/mol.